The fourth-order valence-electron chi connectivity index (χ4n) is 6.59. The Labute approximate surface area is 326 Å². The molecule has 1 aliphatic heterocycles. The molecule has 1 rings (SSSR count). The molecular formula is C34H71O15P5. The SMILES string of the molecule is CCOP1(=O)O/C=C\OP(=O)(OCC)C(CCCCC(CCCC(C)P(=O)(OCC)OCC)P(=O)(OCC)OCC)C(P(=O)(OCC)OCC)CCC1C. The van der Waals surface area contributed by atoms with Gasteiger partial charge in [-0.25, -0.2) is 9.13 Å². The van der Waals surface area contributed by atoms with E-state index in [0.29, 0.717) is 38.5 Å². The van der Waals surface area contributed by atoms with Gasteiger partial charge in [-0.15, -0.1) is 0 Å². The van der Waals surface area contributed by atoms with Gasteiger partial charge in [0.05, 0.1) is 81.2 Å². The van der Waals surface area contributed by atoms with Crippen molar-refractivity contribution in [2.45, 2.75) is 155 Å². The molecular weight excluding hydrogens is 803 g/mol. The largest absolute Gasteiger partial charge is 0.429 e. The van der Waals surface area contributed by atoms with E-state index in [9.17, 15) is 22.8 Å². The summed E-state index contributed by atoms with van der Waals surface area (Å²) in [7, 11) is -18.6. The third kappa shape index (κ3) is 15.7. The Morgan fingerprint density at radius 2 is 1.07 bits per heavy atom. The monoisotopic (exact) mass is 874 g/mol. The fourth-order valence-corrected chi connectivity index (χ4v) is 17.4. The number of hydrogen-bond acceptors (Lipinski definition) is 15. The highest BCUT2D eigenvalue weighted by atomic mass is 31.2. The average molecular weight is 875 g/mol. The van der Waals surface area contributed by atoms with Crippen LogP contribution >= 0.6 is 38.0 Å². The maximum absolute atomic E-state index is 14.8. The molecule has 322 valence electrons. The van der Waals surface area contributed by atoms with Crippen LogP contribution in [0.1, 0.15) is 127 Å². The van der Waals surface area contributed by atoms with Gasteiger partial charge in [0.15, 0.2) is 0 Å². The van der Waals surface area contributed by atoms with Gasteiger partial charge >= 0.3 is 38.0 Å². The second-order valence-corrected chi connectivity index (χ2v) is 24.5. The van der Waals surface area contributed by atoms with Gasteiger partial charge in [0.2, 0.25) is 0 Å². The van der Waals surface area contributed by atoms with Crippen LogP contribution in [0.4, 0.5) is 0 Å². The average Bonchev–Trinajstić information content (AvgIpc) is 3.12. The zero-order chi connectivity index (χ0) is 40.9. The van der Waals surface area contributed by atoms with Crippen molar-refractivity contribution in [3.8, 4) is 0 Å². The quantitative estimate of drug-likeness (QED) is 0.0535. The lowest BCUT2D eigenvalue weighted by atomic mass is 10.0. The summed E-state index contributed by atoms with van der Waals surface area (Å²) in [5.41, 5.74) is -3.38. The lowest BCUT2D eigenvalue weighted by Gasteiger charge is -2.36. The summed E-state index contributed by atoms with van der Waals surface area (Å²) in [6.45, 7) is 18.7. The van der Waals surface area contributed by atoms with E-state index in [2.05, 4.69) is 0 Å². The summed E-state index contributed by atoms with van der Waals surface area (Å²) in [6.07, 6.45) is 5.66. The Morgan fingerprint density at radius 1 is 0.611 bits per heavy atom. The topological polar surface area (TPSA) is 178 Å². The van der Waals surface area contributed by atoms with Crippen LogP contribution in [0.25, 0.3) is 0 Å². The van der Waals surface area contributed by atoms with Crippen LogP contribution in [0.15, 0.2) is 12.5 Å². The Balaban J connectivity index is 3.52. The molecule has 0 radical (unpaired) electrons. The minimum absolute atomic E-state index is 0.0303. The smallest absolute Gasteiger partial charge is 0.382 e. The van der Waals surface area contributed by atoms with Gasteiger partial charge in [-0.05, 0) is 101 Å². The molecule has 15 nitrogen and oxygen atoms in total. The summed E-state index contributed by atoms with van der Waals surface area (Å²) < 4.78 is 128. The summed E-state index contributed by atoms with van der Waals surface area (Å²) in [5, 5.41) is 0. The van der Waals surface area contributed by atoms with Crippen LogP contribution in [0.3, 0.4) is 0 Å². The van der Waals surface area contributed by atoms with Crippen molar-refractivity contribution in [2.75, 3.05) is 52.9 Å². The van der Waals surface area contributed by atoms with Gasteiger partial charge in [0.1, 0.15) is 12.5 Å². The molecule has 54 heavy (non-hydrogen) atoms. The molecule has 0 spiro atoms. The summed E-state index contributed by atoms with van der Waals surface area (Å²) in [4.78, 5) is 0. The van der Waals surface area contributed by atoms with E-state index in [1.807, 2.05) is 6.92 Å². The highest BCUT2D eigenvalue weighted by molar-refractivity contribution is 7.59. The van der Waals surface area contributed by atoms with Gasteiger partial charge in [-0.2, -0.15) is 0 Å². The number of hydrogen-bond donors (Lipinski definition) is 0. The Hall–Kier alpha value is 0.170. The zero-order valence-electron chi connectivity index (χ0n) is 34.4. The van der Waals surface area contributed by atoms with E-state index >= 15 is 0 Å². The van der Waals surface area contributed by atoms with Crippen LogP contribution in [-0.2, 0) is 68.1 Å². The molecule has 0 N–H and O–H groups in total. The standard InChI is InChI=1S/C34H71O15P5/c1-11-40-50(35,41-12-2)30(9)22-21-24-32(52(37,43-14-4)44-15-5)23-19-20-25-33-34(53(38,45-16-6)46-17-7)27-26-31(10)51(36,42-13-3)48-28-29-49-54(33,39)47-18-8/h28-34H,11-27H2,1-10H3/b29-28-. The molecule has 0 saturated heterocycles. The first-order valence-corrected chi connectivity index (χ1v) is 27.8. The Bertz CT molecular complexity index is 1280. The van der Waals surface area contributed by atoms with Crippen molar-refractivity contribution in [2.24, 2.45) is 0 Å². The fraction of sp³-hybridized carbons (Fsp3) is 0.941. The van der Waals surface area contributed by atoms with Crippen LogP contribution in [-0.4, -0.2) is 81.2 Å². The second-order valence-electron chi connectivity index (χ2n) is 12.8. The van der Waals surface area contributed by atoms with Gasteiger partial charge in [-0.3, -0.25) is 22.7 Å². The van der Waals surface area contributed by atoms with Gasteiger partial charge in [-0.1, -0.05) is 26.2 Å². The number of rotatable bonds is 28. The molecule has 0 saturated carbocycles. The molecule has 0 amide bonds. The maximum atomic E-state index is 14.8. The van der Waals surface area contributed by atoms with E-state index < -0.39 is 60.6 Å². The van der Waals surface area contributed by atoms with E-state index in [1.165, 1.54) is 0 Å². The summed E-state index contributed by atoms with van der Waals surface area (Å²) in [6, 6.07) is 0. The molecule has 0 aromatic heterocycles. The van der Waals surface area contributed by atoms with Crippen molar-refractivity contribution < 1.29 is 68.1 Å². The lowest BCUT2D eigenvalue weighted by molar-refractivity contribution is 0.201. The minimum atomic E-state index is -4.10. The predicted molar refractivity (Wildman–Crippen MR) is 214 cm³/mol. The van der Waals surface area contributed by atoms with Crippen molar-refractivity contribution >= 4 is 38.0 Å². The minimum Gasteiger partial charge on any atom is -0.429 e. The molecule has 0 aromatic carbocycles. The van der Waals surface area contributed by atoms with Crippen LogP contribution in [0, 0.1) is 0 Å². The molecule has 0 aliphatic carbocycles. The van der Waals surface area contributed by atoms with Crippen LogP contribution < -0.4 is 0 Å². The third-order valence-electron chi connectivity index (χ3n) is 9.05. The molecule has 7 unspecified atom stereocenters. The van der Waals surface area contributed by atoms with Crippen molar-refractivity contribution in [1.29, 1.82) is 0 Å². The van der Waals surface area contributed by atoms with Crippen LogP contribution in [0.2, 0.25) is 0 Å². The molecule has 20 heteroatoms. The molecule has 1 heterocycles. The molecule has 0 fully saturated rings. The van der Waals surface area contributed by atoms with E-state index in [4.69, 9.17) is 45.2 Å². The first-order valence-electron chi connectivity index (χ1n) is 19.7. The van der Waals surface area contributed by atoms with Gasteiger partial charge < -0.3 is 36.2 Å². The normalized spacial score (nSPS) is 26.3. The van der Waals surface area contributed by atoms with E-state index in [1.54, 1.807) is 62.3 Å². The van der Waals surface area contributed by atoms with Gasteiger partial charge in [0.25, 0.3) is 0 Å². The summed E-state index contributed by atoms with van der Waals surface area (Å²) >= 11 is 0. The Kier molecular flexibility index (Phi) is 25.4. The van der Waals surface area contributed by atoms with Gasteiger partial charge in [0, 0.05) is 0 Å². The molecule has 1 aliphatic rings. The maximum Gasteiger partial charge on any atom is 0.382 e. The Morgan fingerprint density at radius 3 is 1.57 bits per heavy atom. The first kappa shape index (κ1) is 52.2. The van der Waals surface area contributed by atoms with Crippen LogP contribution in [0.5, 0.6) is 0 Å². The predicted octanol–water partition coefficient (Wildman–Crippen LogP) is 12.2. The van der Waals surface area contributed by atoms with E-state index in [-0.39, 0.29) is 77.8 Å². The number of unbranched alkanes of at least 4 members (excludes halogenated alkanes) is 1. The molecule has 7 atom stereocenters. The second kappa shape index (κ2) is 26.3. The van der Waals surface area contributed by atoms with Crippen molar-refractivity contribution in [1.82, 2.24) is 0 Å². The lowest BCUT2D eigenvalue weighted by Crippen LogP contribution is -2.31. The highest BCUT2D eigenvalue weighted by Gasteiger charge is 2.52. The summed E-state index contributed by atoms with van der Waals surface area (Å²) in [5.74, 6) is 0. The highest BCUT2D eigenvalue weighted by Crippen LogP contribution is 2.68. The first-order chi connectivity index (χ1) is 25.6. The molecule has 0 aromatic rings. The van der Waals surface area contributed by atoms with Crippen molar-refractivity contribution in [3.05, 3.63) is 12.5 Å². The van der Waals surface area contributed by atoms with Crippen molar-refractivity contribution in [3.63, 3.8) is 0 Å². The third-order valence-corrected chi connectivity index (χ3v) is 22.0. The van der Waals surface area contributed by atoms with E-state index in [0.717, 1.165) is 12.5 Å². The molecule has 0 bridgehead atoms. The zero-order valence-corrected chi connectivity index (χ0v) is 38.9.